The second-order valence-corrected chi connectivity index (χ2v) is 7.76. The molecule has 0 saturated carbocycles. The van der Waals surface area contributed by atoms with Gasteiger partial charge in [-0.3, -0.25) is 0 Å². The molecule has 0 aromatic heterocycles. The molecule has 0 aliphatic carbocycles. The molecule has 0 aromatic carbocycles. The number of hydrogen-bond donors (Lipinski definition) is 1. The maximum Gasteiger partial charge on any atom is 0.113 e. The molecule has 0 amide bonds. The van der Waals surface area contributed by atoms with E-state index in [0.717, 1.165) is 0 Å². The first-order chi connectivity index (χ1) is 19.9. The average Bonchev–Trinajstić information content (AvgIpc) is 2.97. The summed E-state index contributed by atoms with van der Waals surface area (Å²) < 4.78 is 75.8. The molecule has 0 radical (unpaired) electrons. The van der Waals surface area contributed by atoms with Crippen LogP contribution in [0.25, 0.3) is 0 Å². The van der Waals surface area contributed by atoms with Crippen molar-refractivity contribution in [1.82, 2.24) is 0 Å². The van der Waals surface area contributed by atoms with Gasteiger partial charge in [-0.2, -0.15) is 0 Å². The van der Waals surface area contributed by atoms with Gasteiger partial charge in [0, 0.05) is 0 Å². The van der Waals surface area contributed by atoms with Crippen LogP contribution in [0.1, 0.15) is 0 Å². The van der Waals surface area contributed by atoms with Crippen LogP contribution >= 0.6 is 0 Å². The van der Waals surface area contributed by atoms with E-state index in [1.807, 2.05) is 0 Å². The van der Waals surface area contributed by atoms with Gasteiger partial charge in [-0.25, -0.2) is 4.39 Å². The van der Waals surface area contributed by atoms with Gasteiger partial charge in [0.25, 0.3) is 0 Å². The quantitative estimate of drug-likeness (QED) is 0.0983. The minimum atomic E-state index is -0.476. The molecule has 0 aliphatic rings. The van der Waals surface area contributed by atoms with E-state index in [9.17, 15) is 4.39 Å². The summed E-state index contributed by atoms with van der Waals surface area (Å²) in [7, 11) is 0. The summed E-state index contributed by atoms with van der Waals surface area (Å²) in [6.07, 6.45) is 0. The fourth-order valence-corrected chi connectivity index (χ4v) is 2.64. The monoisotopic (exact) mass is 592 g/mol. The van der Waals surface area contributed by atoms with Crippen molar-refractivity contribution in [3.63, 3.8) is 0 Å². The number of halogens is 1. The highest BCUT2D eigenvalue weighted by molar-refractivity contribution is 4.39. The zero-order valence-electron chi connectivity index (χ0n) is 24.1. The number of ether oxygens (including phenoxy) is 12. The Balaban J connectivity index is 3.01. The second-order valence-electron chi connectivity index (χ2n) is 7.76. The van der Waals surface area contributed by atoms with Crippen molar-refractivity contribution in [2.24, 2.45) is 0 Å². The zero-order valence-corrected chi connectivity index (χ0v) is 24.1. The van der Waals surface area contributed by atoms with E-state index in [2.05, 4.69) is 0 Å². The maximum atomic E-state index is 11.8. The van der Waals surface area contributed by atoms with Gasteiger partial charge in [0.2, 0.25) is 0 Å². The molecule has 0 aliphatic heterocycles. The maximum absolute atomic E-state index is 11.8. The van der Waals surface area contributed by atoms with Gasteiger partial charge >= 0.3 is 0 Å². The van der Waals surface area contributed by atoms with Crippen molar-refractivity contribution in [2.45, 2.75) is 0 Å². The molecule has 0 aromatic rings. The number of aliphatic hydroxyl groups is 1. The molecule has 14 heteroatoms. The van der Waals surface area contributed by atoms with Crippen LogP contribution in [0.2, 0.25) is 0 Å². The highest BCUT2D eigenvalue weighted by Crippen LogP contribution is 1.87. The Morgan fingerprint density at radius 2 is 0.400 bits per heavy atom. The van der Waals surface area contributed by atoms with Gasteiger partial charge < -0.3 is 61.9 Å². The smallest absolute Gasteiger partial charge is 0.113 e. The van der Waals surface area contributed by atoms with Crippen LogP contribution in [-0.4, -0.2) is 177 Å². The molecule has 0 spiro atoms. The molecule has 0 rings (SSSR count). The SMILES string of the molecule is OCCOCCOCCOCCOCCOCCOCCOCCOCCOCCOCCOCCOCCF. The zero-order chi connectivity index (χ0) is 28.9. The number of rotatable bonds is 37. The van der Waals surface area contributed by atoms with Crippen LogP contribution in [0.4, 0.5) is 4.39 Å². The number of aliphatic hydroxyl groups excluding tert-OH is 1. The topological polar surface area (TPSA) is 131 Å². The normalized spacial score (nSPS) is 11.6. The summed E-state index contributed by atoms with van der Waals surface area (Å²) in [6, 6.07) is 0. The second kappa shape index (κ2) is 38.4. The van der Waals surface area contributed by atoms with Gasteiger partial charge in [-0.15, -0.1) is 0 Å². The Kier molecular flexibility index (Phi) is 37.8. The Morgan fingerprint density at radius 3 is 0.550 bits per heavy atom. The first kappa shape index (κ1) is 39.4. The van der Waals surface area contributed by atoms with Crippen LogP contribution in [0.5, 0.6) is 0 Å². The van der Waals surface area contributed by atoms with Crippen molar-refractivity contribution in [3.05, 3.63) is 0 Å². The van der Waals surface area contributed by atoms with Crippen molar-refractivity contribution in [1.29, 1.82) is 0 Å². The minimum absolute atomic E-state index is 0.0230. The summed E-state index contributed by atoms with van der Waals surface area (Å²) in [5.41, 5.74) is 0. The van der Waals surface area contributed by atoms with Gasteiger partial charge in [0.1, 0.15) is 6.67 Å². The van der Waals surface area contributed by atoms with E-state index >= 15 is 0 Å². The first-order valence-electron chi connectivity index (χ1n) is 14.0. The third-order valence-corrected chi connectivity index (χ3v) is 4.55. The van der Waals surface area contributed by atoms with Gasteiger partial charge in [0.05, 0.1) is 165 Å². The molecule has 0 unspecified atom stereocenters. The van der Waals surface area contributed by atoms with Crippen LogP contribution in [-0.2, 0) is 56.8 Å². The lowest BCUT2D eigenvalue weighted by Gasteiger charge is -2.09. The Bertz CT molecular complexity index is 403. The van der Waals surface area contributed by atoms with E-state index in [1.54, 1.807) is 0 Å². The highest BCUT2D eigenvalue weighted by Gasteiger charge is 1.96. The molecule has 242 valence electrons. The lowest BCUT2D eigenvalue weighted by atomic mass is 10.6. The molecule has 0 atom stereocenters. The Hall–Kier alpha value is -0.590. The van der Waals surface area contributed by atoms with E-state index in [1.165, 1.54) is 0 Å². The largest absolute Gasteiger partial charge is 0.394 e. The van der Waals surface area contributed by atoms with E-state index < -0.39 is 6.67 Å². The predicted molar refractivity (Wildman–Crippen MR) is 143 cm³/mol. The number of alkyl halides is 1. The lowest BCUT2D eigenvalue weighted by Crippen LogP contribution is -2.15. The molecule has 0 heterocycles. The fourth-order valence-electron chi connectivity index (χ4n) is 2.64. The molecule has 0 fully saturated rings. The average molecular weight is 593 g/mol. The predicted octanol–water partition coefficient (Wildman–Crippen LogP) is 0.147. The summed E-state index contributed by atoms with van der Waals surface area (Å²) in [5.74, 6) is 0. The van der Waals surface area contributed by atoms with E-state index in [-0.39, 0.29) is 13.2 Å². The molecule has 0 saturated heterocycles. The third kappa shape index (κ3) is 37.4. The Morgan fingerprint density at radius 1 is 0.250 bits per heavy atom. The molecule has 13 nitrogen and oxygen atoms in total. The molecule has 1 N–H and O–H groups in total. The minimum Gasteiger partial charge on any atom is -0.394 e. The summed E-state index contributed by atoms with van der Waals surface area (Å²) in [5, 5.41) is 8.56. The van der Waals surface area contributed by atoms with Gasteiger partial charge in [0.15, 0.2) is 0 Å². The van der Waals surface area contributed by atoms with Crippen molar-refractivity contribution >= 4 is 0 Å². The molecule has 0 bridgehead atoms. The molecular formula is C26H53FO13. The Labute approximate surface area is 238 Å². The summed E-state index contributed by atoms with van der Waals surface area (Å²) in [6.45, 7) is 10.7. The van der Waals surface area contributed by atoms with Crippen molar-refractivity contribution in [2.75, 3.05) is 172 Å². The number of hydrogen-bond acceptors (Lipinski definition) is 13. The lowest BCUT2D eigenvalue weighted by molar-refractivity contribution is -0.0286. The fraction of sp³-hybridized carbons (Fsp3) is 1.00. The summed E-state index contributed by atoms with van der Waals surface area (Å²) >= 11 is 0. The van der Waals surface area contributed by atoms with Crippen molar-refractivity contribution < 1.29 is 66.3 Å². The molecular weight excluding hydrogens is 539 g/mol. The van der Waals surface area contributed by atoms with Crippen LogP contribution in [0.3, 0.4) is 0 Å². The standard InChI is InChI=1S/C26H53FO13/c27-1-3-29-5-7-31-9-11-33-13-15-35-17-19-37-21-23-39-25-26-40-24-22-38-20-18-36-16-14-34-12-10-32-8-6-30-4-2-28/h28H,1-26H2. The van der Waals surface area contributed by atoms with Crippen molar-refractivity contribution in [3.8, 4) is 0 Å². The van der Waals surface area contributed by atoms with E-state index in [0.29, 0.717) is 152 Å². The van der Waals surface area contributed by atoms with Crippen LogP contribution in [0, 0.1) is 0 Å². The molecule has 40 heavy (non-hydrogen) atoms. The highest BCUT2D eigenvalue weighted by atomic mass is 19.1. The van der Waals surface area contributed by atoms with Gasteiger partial charge in [-0.1, -0.05) is 0 Å². The van der Waals surface area contributed by atoms with Crippen LogP contribution < -0.4 is 0 Å². The van der Waals surface area contributed by atoms with Gasteiger partial charge in [-0.05, 0) is 0 Å². The van der Waals surface area contributed by atoms with E-state index in [4.69, 9.17) is 61.9 Å². The van der Waals surface area contributed by atoms with Crippen LogP contribution in [0.15, 0.2) is 0 Å². The summed E-state index contributed by atoms with van der Waals surface area (Å²) in [4.78, 5) is 0. The third-order valence-electron chi connectivity index (χ3n) is 4.55. The first-order valence-corrected chi connectivity index (χ1v) is 14.0.